The Hall–Kier alpha value is -1.64. The van der Waals surface area contributed by atoms with Gasteiger partial charge in [-0.3, -0.25) is 19.2 Å². The zero-order valence-electron chi connectivity index (χ0n) is 22.7. The Labute approximate surface area is 206 Å². The molecule has 0 fully saturated rings. The predicted molar refractivity (Wildman–Crippen MR) is 132 cm³/mol. The molecular formula is C26H47NO7. The van der Waals surface area contributed by atoms with Gasteiger partial charge in [-0.1, -0.05) is 41.5 Å². The van der Waals surface area contributed by atoms with Gasteiger partial charge in [0.2, 0.25) is 5.91 Å². The van der Waals surface area contributed by atoms with Crippen molar-refractivity contribution in [2.45, 2.75) is 86.1 Å². The molecule has 0 spiro atoms. The van der Waals surface area contributed by atoms with E-state index in [-0.39, 0.29) is 87.1 Å². The highest BCUT2D eigenvalue weighted by Crippen LogP contribution is 2.25. The lowest BCUT2D eigenvalue weighted by Crippen LogP contribution is -2.59. The molecule has 1 amide bonds. The van der Waals surface area contributed by atoms with Crippen molar-refractivity contribution in [2.24, 2.45) is 11.3 Å². The SMILES string of the molecule is CCC(=O)CCOCC(COCCC(C)=O)(COCCC(=O)C(C)C)N(C)C(=O)CC(C)(C)C. The lowest BCUT2D eigenvalue weighted by atomic mass is 9.90. The Morgan fingerprint density at radius 1 is 0.824 bits per heavy atom. The van der Waals surface area contributed by atoms with Crippen molar-refractivity contribution in [2.75, 3.05) is 46.7 Å². The number of hydrogen-bond donors (Lipinski definition) is 0. The molecule has 0 aliphatic heterocycles. The molecule has 0 aromatic heterocycles. The number of nitrogens with zero attached hydrogens (tertiary/aromatic N) is 1. The monoisotopic (exact) mass is 485 g/mol. The van der Waals surface area contributed by atoms with Gasteiger partial charge in [0, 0.05) is 45.1 Å². The summed E-state index contributed by atoms with van der Waals surface area (Å²) in [7, 11) is 1.70. The van der Waals surface area contributed by atoms with E-state index in [1.807, 2.05) is 34.6 Å². The molecule has 8 nitrogen and oxygen atoms in total. The Kier molecular flexibility index (Phi) is 15.3. The minimum Gasteiger partial charge on any atom is -0.378 e. The maximum atomic E-state index is 13.2. The van der Waals surface area contributed by atoms with Gasteiger partial charge in [-0.2, -0.15) is 0 Å². The molecule has 0 rings (SSSR count). The summed E-state index contributed by atoms with van der Waals surface area (Å²) in [5, 5.41) is 0. The average molecular weight is 486 g/mol. The standard InChI is InChI=1S/C26H47NO7/c1-9-22(29)11-14-33-18-26(17-32-13-10-21(4)28,19-34-15-12-23(30)20(2)3)27(8)24(31)16-25(5,6)7/h20H,9-19H2,1-8H3. The fourth-order valence-corrected chi connectivity index (χ4v) is 3.08. The van der Waals surface area contributed by atoms with Crippen LogP contribution in [0.1, 0.15) is 80.6 Å². The van der Waals surface area contributed by atoms with Crippen molar-refractivity contribution in [1.29, 1.82) is 0 Å². The first kappa shape index (κ1) is 32.4. The highest BCUT2D eigenvalue weighted by Gasteiger charge is 2.40. The molecule has 0 N–H and O–H groups in total. The van der Waals surface area contributed by atoms with Crippen molar-refractivity contribution in [3.8, 4) is 0 Å². The quantitative estimate of drug-likeness (QED) is 0.258. The van der Waals surface area contributed by atoms with Crippen LogP contribution in [0.15, 0.2) is 0 Å². The summed E-state index contributed by atoms with van der Waals surface area (Å²) in [5.41, 5.74) is -1.18. The van der Waals surface area contributed by atoms with E-state index in [2.05, 4.69) is 0 Å². The van der Waals surface area contributed by atoms with Crippen molar-refractivity contribution < 1.29 is 33.4 Å². The molecule has 0 aliphatic carbocycles. The van der Waals surface area contributed by atoms with Crippen LogP contribution in [0.2, 0.25) is 0 Å². The van der Waals surface area contributed by atoms with E-state index in [0.717, 1.165) is 0 Å². The summed E-state index contributed by atoms with van der Waals surface area (Å²) in [4.78, 5) is 49.8. The van der Waals surface area contributed by atoms with E-state index >= 15 is 0 Å². The second kappa shape index (κ2) is 16.1. The van der Waals surface area contributed by atoms with Crippen LogP contribution in [0.4, 0.5) is 0 Å². The molecule has 0 aromatic carbocycles. The lowest BCUT2D eigenvalue weighted by molar-refractivity contribution is -0.152. The molecule has 34 heavy (non-hydrogen) atoms. The van der Waals surface area contributed by atoms with E-state index in [0.29, 0.717) is 19.3 Å². The fourth-order valence-electron chi connectivity index (χ4n) is 3.08. The van der Waals surface area contributed by atoms with Gasteiger partial charge in [-0.25, -0.2) is 0 Å². The van der Waals surface area contributed by atoms with Crippen LogP contribution in [-0.4, -0.2) is 80.4 Å². The fraction of sp³-hybridized carbons (Fsp3) is 0.846. The van der Waals surface area contributed by atoms with E-state index in [9.17, 15) is 19.2 Å². The average Bonchev–Trinajstić information content (AvgIpc) is 2.74. The van der Waals surface area contributed by atoms with E-state index < -0.39 is 5.54 Å². The molecular weight excluding hydrogens is 438 g/mol. The molecule has 0 bridgehead atoms. The first-order chi connectivity index (χ1) is 15.7. The van der Waals surface area contributed by atoms with Crippen LogP contribution < -0.4 is 0 Å². The number of carbonyl (C=O) groups is 4. The molecule has 0 saturated carbocycles. The third kappa shape index (κ3) is 13.9. The third-order valence-corrected chi connectivity index (χ3v) is 5.53. The Balaban J connectivity index is 5.59. The summed E-state index contributed by atoms with van der Waals surface area (Å²) in [6.45, 7) is 14.0. The molecule has 8 heteroatoms. The number of ketones is 3. The normalized spacial score (nSPS) is 13.6. The second-order valence-corrected chi connectivity index (χ2v) is 10.5. The summed E-state index contributed by atoms with van der Waals surface area (Å²) in [6, 6.07) is 0. The molecule has 198 valence electrons. The number of Topliss-reactive ketones (excluding diaryl/α,β-unsaturated/α-hetero) is 3. The maximum Gasteiger partial charge on any atom is 0.223 e. The van der Waals surface area contributed by atoms with Gasteiger partial charge in [0.1, 0.15) is 22.9 Å². The maximum absolute atomic E-state index is 13.2. The molecule has 0 heterocycles. The largest absolute Gasteiger partial charge is 0.378 e. The zero-order chi connectivity index (χ0) is 26.4. The lowest BCUT2D eigenvalue weighted by Gasteiger charge is -2.42. The van der Waals surface area contributed by atoms with E-state index in [4.69, 9.17) is 14.2 Å². The van der Waals surface area contributed by atoms with Crippen molar-refractivity contribution in [1.82, 2.24) is 4.90 Å². The van der Waals surface area contributed by atoms with Crippen LogP contribution in [0.5, 0.6) is 0 Å². The first-order valence-corrected chi connectivity index (χ1v) is 12.3. The number of carbonyl (C=O) groups excluding carboxylic acids is 4. The van der Waals surface area contributed by atoms with Crippen LogP contribution in [0.25, 0.3) is 0 Å². The van der Waals surface area contributed by atoms with Gasteiger partial charge in [-0.05, 0) is 12.3 Å². The molecule has 1 unspecified atom stereocenters. The van der Waals surface area contributed by atoms with Crippen LogP contribution in [-0.2, 0) is 33.4 Å². The van der Waals surface area contributed by atoms with E-state index in [1.165, 1.54) is 6.92 Å². The highest BCUT2D eigenvalue weighted by atomic mass is 16.5. The first-order valence-electron chi connectivity index (χ1n) is 12.3. The number of rotatable bonds is 19. The summed E-state index contributed by atoms with van der Waals surface area (Å²) in [6.07, 6.45) is 1.61. The van der Waals surface area contributed by atoms with Crippen molar-refractivity contribution in [3.63, 3.8) is 0 Å². The predicted octanol–water partition coefficient (Wildman–Crippen LogP) is 3.63. The van der Waals surface area contributed by atoms with Crippen molar-refractivity contribution in [3.05, 3.63) is 0 Å². The summed E-state index contributed by atoms with van der Waals surface area (Å²) < 4.78 is 17.6. The minimum atomic E-state index is -0.963. The molecule has 0 aromatic rings. The number of ether oxygens (including phenoxy) is 3. The molecule has 0 radical (unpaired) electrons. The number of amides is 1. The smallest absolute Gasteiger partial charge is 0.223 e. The van der Waals surface area contributed by atoms with Gasteiger partial charge in [-0.15, -0.1) is 0 Å². The topological polar surface area (TPSA) is 99.2 Å². The van der Waals surface area contributed by atoms with Crippen LogP contribution >= 0.6 is 0 Å². The molecule has 0 aliphatic rings. The Morgan fingerprint density at radius 3 is 1.71 bits per heavy atom. The van der Waals surface area contributed by atoms with Gasteiger partial charge in [0.15, 0.2) is 0 Å². The summed E-state index contributed by atoms with van der Waals surface area (Å²) >= 11 is 0. The van der Waals surface area contributed by atoms with Gasteiger partial charge in [0.25, 0.3) is 0 Å². The third-order valence-electron chi connectivity index (χ3n) is 5.53. The van der Waals surface area contributed by atoms with Crippen LogP contribution in [0, 0.1) is 11.3 Å². The second-order valence-electron chi connectivity index (χ2n) is 10.5. The Bertz CT molecular complexity index is 654. The highest BCUT2D eigenvalue weighted by molar-refractivity contribution is 5.80. The van der Waals surface area contributed by atoms with Crippen molar-refractivity contribution >= 4 is 23.3 Å². The number of likely N-dealkylation sites (N-methyl/N-ethyl adjacent to an activating group) is 1. The van der Waals surface area contributed by atoms with E-state index in [1.54, 1.807) is 18.9 Å². The molecule has 0 saturated heterocycles. The summed E-state index contributed by atoms with van der Waals surface area (Å²) in [5.74, 6) is 0.0655. The zero-order valence-corrected chi connectivity index (χ0v) is 22.7. The van der Waals surface area contributed by atoms with Gasteiger partial charge < -0.3 is 19.1 Å². The van der Waals surface area contributed by atoms with Crippen LogP contribution in [0.3, 0.4) is 0 Å². The van der Waals surface area contributed by atoms with Gasteiger partial charge >= 0.3 is 0 Å². The Morgan fingerprint density at radius 2 is 1.29 bits per heavy atom. The number of hydrogen-bond acceptors (Lipinski definition) is 7. The van der Waals surface area contributed by atoms with Gasteiger partial charge in [0.05, 0.1) is 39.6 Å². The minimum absolute atomic E-state index is 0.0144. The molecule has 1 atom stereocenters.